The summed E-state index contributed by atoms with van der Waals surface area (Å²) in [7, 11) is -6.94. The number of Topliss-reactive ketones (excluding diaryl/α,β-unsaturated/α-hetero) is 1. The second-order valence-electron chi connectivity index (χ2n) is 8.64. The van der Waals surface area contributed by atoms with Crippen LogP contribution < -0.4 is 0 Å². The third kappa shape index (κ3) is 17.0. The highest BCUT2D eigenvalue weighted by Gasteiger charge is 2.31. The molecule has 0 aliphatic carbocycles. The molecule has 0 amide bonds. The van der Waals surface area contributed by atoms with Gasteiger partial charge in [-0.15, -0.1) is 0 Å². The van der Waals surface area contributed by atoms with Crippen molar-refractivity contribution in [3.05, 3.63) is 0 Å². The van der Waals surface area contributed by atoms with Gasteiger partial charge in [0.15, 0.2) is 11.9 Å². The smallest absolute Gasteiger partial charge is 0.335 e. The van der Waals surface area contributed by atoms with E-state index in [1.54, 1.807) is 6.92 Å². The van der Waals surface area contributed by atoms with Crippen molar-refractivity contribution in [3.63, 3.8) is 0 Å². The van der Waals surface area contributed by atoms with Crippen LogP contribution in [0, 0.1) is 0 Å². The summed E-state index contributed by atoms with van der Waals surface area (Å²) in [6.45, 7) is 11.7. The molecule has 0 aromatic carbocycles. The minimum atomic E-state index is -3.56. The van der Waals surface area contributed by atoms with Gasteiger partial charge < -0.3 is 18.5 Å². The molecule has 0 heterocycles. The molecule has 0 spiro atoms. The number of esters is 1. The summed E-state index contributed by atoms with van der Waals surface area (Å²) in [6.07, 6.45) is 3.19. The van der Waals surface area contributed by atoms with E-state index < -0.39 is 33.4 Å². The molecule has 10 nitrogen and oxygen atoms in total. The number of ketones is 1. The van der Waals surface area contributed by atoms with E-state index in [4.69, 9.17) is 27.6 Å². The molecule has 0 aromatic rings. The molecular formula is C24H48O10P2. The molecule has 0 saturated carbocycles. The first-order valence-corrected chi connectivity index (χ1v) is 16.6. The Morgan fingerprint density at radius 3 is 1.67 bits per heavy atom. The summed E-state index contributed by atoms with van der Waals surface area (Å²) in [5.74, 6) is -0.787. The SMILES string of the molecule is CCCOCCOP(=O)(CCCCCCP(=O)(OCCC)OC(C)C(C)=O)OC(C)C(=O)OCCC. The molecule has 0 bridgehead atoms. The molecule has 0 aliphatic rings. The summed E-state index contributed by atoms with van der Waals surface area (Å²) >= 11 is 0. The van der Waals surface area contributed by atoms with Crippen molar-refractivity contribution in [3.8, 4) is 0 Å². The highest BCUT2D eigenvalue weighted by molar-refractivity contribution is 7.54. The highest BCUT2D eigenvalue weighted by Crippen LogP contribution is 2.51. The highest BCUT2D eigenvalue weighted by atomic mass is 31.2. The summed E-state index contributed by atoms with van der Waals surface area (Å²) in [6, 6.07) is 0. The van der Waals surface area contributed by atoms with E-state index in [0.29, 0.717) is 51.7 Å². The van der Waals surface area contributed by atoms with Gasteiger partial charge in [-0.05, 0) is 52.9 Å². The van der Waals surface area contributed by atoms with Gasteiger partial charge in [-0.1, -0.05) is 33.6 Å². The predicted molar refractivity (Wildman–Crippen MR) is 140 cm³/mol. The molecule has 0 aromatic heterocycles. The van der Waals surface area contributed by atoms with Crippen LogP contribution in [0.2, 0.25) is 0 Å². The lowest BCUT2D eigenvalue weighted by Crippen LogP contribution is -2.24. The van der Waals surface area contributed by atoms with E-state index in [1.165, 1.54) is 13.8 Å². The Morgan fingerprint density at radius 1 is 0.667 bits per heavy atom. The lowest BCUT2D eigenvalue weighted by molar-refractivity contribution is -0.151. The first-order valence-electron chi connectivity index (χ1n) is 13.1. The number of ether oxygens (including phenoxy) is 2. The van der Waals surface area contributed by atoms with Crippen LogP contribution in [0.25, 0.3) is 0 Å². The van der Waals surface area contributed by atoms with Gasteiger partial charge in [0.1, 0.15) is 6.10 Å². The number of rotatable bonds is 24. The van der Waals surface area contributed by atoms with Gasteiger partial charge in [0.25, 0.3) is 0 Å². The van der Waals surface area contributed by atoms with Crippen molar-refractivity contribution in [2.45, 2.75) is 98.7 Å². The molecule has 0 N–H and O–H groups in total. The fourth-order valence-electron chi connectivity index (χ4n) is 2.89. The van der Waals surface area contributed by atoms with E-state index in [9.17, 15) is 18.7 Å². The Kier molecular flexibility index (Phi) is 20.0. The van der Waals surface area contributed by atoms with Crippen molar-refractivity contribution in [1.29, 1.82) is 0 Å². The van der Waals surface area contributed by atoms with Crippen LogP contribution in [0.3, 0.4) is 0 Å². The number of carbonyl (C=O) groups is 2. The molecule has 0 saturated heterocycles. The summed E-state index contributed by atoms with van der Waals surface area (Å²) in [4.78, 5) is 23.6. The summed E-state index contributed by atoms with van der Waals surface area (Å²) in [5, 5.41) is 0. The molecule has 36 heavy (non-hydrogen) atoms. The van der Waals surface area contributed by atoms with Crippen LogP contribution in [0.1, 0.15) is 86.5 Å². The second-order valence-corrected chi connectivity index (χ2v) is 12.9. The van der Waals surface area contributed by atoms with Crippen LogP contribution in [0.4, 0.5) is 0 Å². The Balaban J connectivity index is 4.78. The molecule has 0 fully saturated rings. The maximum atomic E-state index is 13.3. The normalized spacial score (nSPS) is 16.6. The number of hydrogen-bond acceptors (Lipinski definition) is 10. The minimum Gasteiger partial charge on any atom is -0.464 e. The number of hydrogen-bond donors (Lipinski definition) is 0. The van der Waals surface area contributed by atoms with Gasteiger partial charge in [0, 0.05) is 6.61 Å². The Labute approximate surface area is 217 Å². The molecule has 0 aliphatic heterocycles. The second kappa shape index (κ2) is 20.4. The maximum absolute atomic E-state index is 13.3. The standard InChI is InChI=1S/C24H48O10P2/c1-7-14-29-17-18-32-36(28,34-23(6)24(26)30-15-8-2)20-13-11-10-12-19-35(27,31-16-9-3)33-22(5)21(4)25/h22-23H,7-20H2,1-6H3. The van der Waals surface area contributed by atoms with E-state index in [-0.39, 0.29) is 37.9 Å². The number of unbranched alkanes of at least 4 members (excludes halogenated alkanes) is 3. The molecule has 12 heteroatoms. The monoisotopic (exact) mass is 558 g/mol. The predicted octanol–water partition coefficient (Wildman–Crippen LogP) is 6.16. The van der Waals surface area contributed by atoms with Gasteiger partial charge in [0.05, 0.1) is 38.8 Å². The third-order valence-electron chi connectivity index (χ3n) is 4.96. The average Bonchev–Trinajstić information content (AvgIpc) is 2.83. The fourth-order valence-corrected chi connectivity index (χ4v) is 6.72. The van der Waals surface area contributed by atoms with Crippen molar-refractivity contribution in [2.75, 3.05) is 45.4 Å². The number of carbonyl (C=O) groups excluding carboxylic acids is 2. The van der Waals surface area contributed by atoms with Crippen LogP contribution in [-0.4, -0.2) is 69.3 Å². The van der Waals surface area contributed by atoms with Crippen LogP contribution >= 0.6 is 15.2 Å². The van der Waals surface area contributed by atoms with Gasteiger partial charge >= 0.3 is 21.2 Å². The first kappa shape index (κ1) is 35.4. The molecule has 214 valence electrons. The fraction of sp³-hybridized carbons (Fsp3) is 0.917. The largest absolute Gasteiger partial charge is 0.464 e. The van der Waals surface area contributed by atoms with E-state index >= 15 is 0 Å². The lowest BCUT2D eigenvalue weighted by Gasteiger charge is -2.22. The van der Waals surface area contributed by atoms with E-state index in [0.717, 1.165) is 6.42 Å². The topological polar surface area (TPSA) is 124 Å². The van der Waals surface area contributed by atoms with Gasteiger partial charge in [-0.2, -0.15) is 0 Å². The molecule has 0 rings (SSSR count). The lowest BCUT2D eigenvalue weighted by atomic mass is 10.2. The maximum Gasteiger partial charge on any atom is 0.335 e. The zero-order valence-electron chi connectivity index (χ0n) is 23.0. The van der Waals surface area contributed by atoms with Crippen LogP contribution in [0.15, 0.2) is 0 Å². The molecule has 4 unspecified atom stereocenters. The van der Waals surface area contributed by atoms with Gasteiger partial charge in [-0.25, -0.2) is 4.79 Å². The van der Waals surface area contributed by atoms with E-state index in [2.05, 4.69) is 0 Å². The van der Waals surface area contributed by atoms with Gasteiger partial charge in [0.2, 0.25) is 0 Å². The van der Waals surface area contributed by atoms with Crippen molar-refractivity contribution in [2.24, 2.45) is 0 Å². The molecular weight excluding hydrogens is 510 g/mol. The zero-order valence-corrected chi connectivity index (χ0v) is 24.8. The van der Waals surface area contributed by atoms with Gasteiger partial charge in [-0.3, -0.25) is 23.0 Å². The van der Waals surface area contributed by atoms with Crippen molar-refractivity contribution < 1.29 is 46.3 Å². The Hall–Kier alpha value is -0.600. The zero-order chi connectivity index (χ0) is 27.5. The van der Waals surface area contributed by atoms with Crippen LogP contribution in [0.5, 0.6) is 0 Å². The molecule has 4 atom stereocenters. The van der Waals surface area contributed by atoms with Crippen molar-refractivity contribution >= 4 is 26.9 Å². The summed E-state index contributed by atoms with van der Waals surface area (Å²) < 4.78 is 58.8. The molecule has 0 radical (unpaired) electrons. The van der Waals surface area contributed by atoms with Crippen molar-refractivity contribution in [1.82, 2.24) is 0 Å². The summed E-state index contributed by atoms with van der Waals surface area (Å²) in [5.41, 5.74) is 0. The minimum absolute atomic E-state index is 0.0949. The average molecular weight is 559 g/mol. The quantitative estimate of drug-likeness (QED) is 0.0773. The Bertz CT molecular complexity index is 700. The third-order valence-corrected chi connectivity index (χ3v) is 9.12. The van der Waals surface area contributed by atoms with Crippen LogP contribution in [-0.2, 0) is 46.3 Å². The Morgan fingerprint density at radius 2 is 1.17 bits per heavy atom. The van der Waals surface area contributed by atoms with E-state index in [1.807, 2.05) is 20.8 Å². The first-order chi connectivity index (χ1) is 17.0.